The Hall–Kier alpha value is -1.52. The molecule has 0 amide bonds. The van der Waals surface area contributed by atoms with Crippen molar-refractivity contribution in [3.63, 3.8) is 0 Å². The number of carbonyl (C=O) groups is 1. The highest BCUT2D eigenvalue weighted by Gasteiger charge is 2.27. The summed E-state index contributed by atoms with van der Waals surface area (Å²) in [7, 11) is 0. The van der Waals surface area contributed by atoms with Gasteiger partial charge in [-0.1, -0.05) is 0 Å². The summed E-state index contributed by atoms with van der Waals surface area (Å²) in [4.78, 5) is 11.6. The van der Waals surface area contributed by atoms with Crippen LogP contribution >= 0.6 is 0 Å². The van der Waals surface area contributed by atoms with Gasteiger partial charge in [0.2, 0.25) is 0 Å². The van der Waals surface area contributed by atoms with Crippen molar-refractivity contribution in [2.24, 2.45) is 5.92 Å². The number of aromatic nitrogens is 2. The molecule has 1 unspecified atom stereocenters. The van der Waals surface area contributed by atoms with Crippen molar-refractivity contribution >= 4 is 11.8 Å². The molecule has 5 nitrogen and oxygen atoms in total. The van der Waals surface area contributed by atoms with Gasteiger partial charge >= 0.3 is 5.97 Å². The number of rotatable bonds is 2. The molecular weight excluding hydrogens is 206 g/mol. The maximum atomic E-state index is 11.6. The Morgan fingerprint density at radius 1 is 1.62 bits per heavy atom. The Morgan fingerprint density at radius 2 is 2.38 bits per heavy atom. The Bertz CT molecular complexity index is 412. The van der Waals surface area contributed by atoms with Crippen LogP contribution in [0.3, 0.4) is 0 Å². The maximum Gasteiger partial charge on any atom is 0.312 e. The quantitative estimate of drug-likeness (QED) is 0.763. The highest BCUT2D eigenvalue weighted by atomic mass is 16.5. The number of aryl methyl sites for hydroxylation is 1. The second-order valence-electron chi connectivity index (χ2n) is 4.07. The van der Waals surface area contributed by atoms with Crippen LogP contribution in [0.5, 0.6) is 0 Å². The summed E-state index contributed by atoms with van der Waals surface area (Å²) in [6.07, 6.45) is 0. The summed E-state index contributed by atoms with van der Waals surface area (Å²) < 4.78 is 6.87. The molecule has 0 fully saturated rings. The number of esters is 1. The summed E-state index contributed by atoms with van der Waals surface area (Å²) in [5, 5.41) is 7.63. The number of nitrogens with one attached hydrogen (secondary N) is 1. The lowest BCUT2D eigenvalue weighted by Crippen LogP contribution is -2.34. The molecule has 0 bridgehead atoms. The van der Waals surface area contributed by atoms with Gasteiger partial charge in [0, 0.05) is 12.1 Å². The first-order chi connectivity index (χ1) is 7.63. The van der Waals surface area contributed by atoms with Gasteiger partial charge < -0.3 is 10.1 Å². The van der Waals surface area contributed by atoms with Gasteiger partial charge in [-0.2, -0.15) is 5.10 Å². The number of nitrogens with zero attached hydrogens (tertiary/aromatic N) is 2. The van der Waals surface area contributed by atoms with Gasteiger partial charge in [0.1, 0.15) is 5.82 Å². The standard InChI is InChI=1S/C11H17N3O2/c1-4-16-11(15)9-5-12-10-7(2)8(3)13-14(10)6-9/h9,12H,4-6H2,1-3H3. The van der Waals surface area contributed by atoms with Crippen molar-refractivity contribution < 1.29 is 9.53 Å². The molecule has 1 aromatic heterocycles. The molecule has 1 N–H and O–H groups in total. The first-order valence-corrected chi connectivity index (χ1v) is 5.58. The molecular formula is C11H17N3O2. The third-order valence-electron chi connectivity index (χ3n) is 2.96. The minimum Gasteiger partial charge on any atom is -0.466 e. The van der Waals surface area contributed by atoms with Crippen molar-refractivity contribution in [1.29, 1.82) is 0 Å². The number of carbonyl (C=O) groups excluding carboxylic acids is 1. The molecule has 0 saturated heterocycles. The van der Waals surface area contributed by atoms with E-state index in [2.05, 4.69) is 10.4 Å². The zero-order chi connectivity index (χ0) is 11.7. The van der Waals surface area contributed by atoms with Crippen molar-refractivity contribution in [1.82, 2.24) is 9.78 Å². The van der Waals surface area contributed by atoms with E-state index < -0.39 is 0 Å². The predicted octanol–water partition coefficient (Wildman–Crippen LogP) is 1.10. The fraction of sp³-hybridized carbons (Fsp3) is 0.636. The topological polar surface area (TPSA) is 56.1 Å². The van der Waals surface area contributed by atoms with E-state index in [0.29, 0.717) is 19.7 Å². The van der Waals surface area contributed by atoms with E-state index in [1.165, 1.54) is 0 Å². The maximum absolute atomic E-state index is 11.6. The number of hydrogen-bond donors (Lipinski definition) is 1. The fourth-order valence-corrected chi connectivity index (χ4v) is 1.94. The summed E-state index contributed by atoms with van der Waals surface area (Å²) in [5.41, 5.74) is 2.16. The van der Waals surface area contributed by atoms with Crippen LogP contribution in [0.1, 0.15) is 18.2 Å². The van der Waals surface area contributed by atoms with Crippen LogP contribution in [-0.2, 0) is 16.1 Å². The molecule has 1 atom stereocenters. The summed E-state index contributed by atoms with van der Waals surface area (Å²) in [6, 6.07) is 0. The second kappa shape index (κ2) is 4.15. The van der Waals surface area contributed by atoms with Crippen LogP contribution in [0.2, 0.25) is 0 Å². The Kier molecular flexibility index (Phi) is 2.85. The summed E-state index contributed by atoms with van der Waals surface area (Å²) in [6.45, 7) is 7.50. The van der Waals surface area contributed by atoms with Gasteiger partial charge in [0.15, 0.2) is 0 Å². The Morgan fingerprint density at radius 3 is 3.06 bits per heavy atom. The Balaban J connectivity index is 2.15. The molecule has 0 spiro atoms. The molecule has 2 rings (SSSR count). The highest BCUT2D eigenvalue weighted by molar-refractivity contribution is 5.73. The molecule has 0 aliphatic carbocycles. The van der Waals surface area contributed by atoms with Crippen LogP contribution in [0, 0.1) is 19.8 Å². The molecule has 2 heterocycles. The lowest BCUT2D eigenvalue weighted by molar-refractivity contribution is -0.148. The smallest absolute Gasteiger partial charge is 0.312 e. The lowest BCUT2D eigenvalue weighted by Gasteiger charge is -2.23. The fourth-order valence-electron chi connectivity index (χ4n) is 1.94. The number of hydrogen-bond acceptors (Lipinski definition) is 4. The van der Waals surface area contributed by atoms with Gasteiger partial charge in [0.05, 0.1) is 24.8 Å². The molecule has 0 aromatic carbocycles. The second-order valence-corrected chi connectivity index (χ2v) is 4.07. The predicted molar refractivity (Wildman–Crippen MR) is 60.3 cm³/mol. The number of fused-ring (bicyclic) bond motifs is 1. The summed E-state index contributed by atoms with van der Waals surface area (Å²) >= 11 is 0. The molecule has 16 heavy (non-hydrogen) atoms. The first-order valence-electron chi connectivity index (χ1n) is 5.58. The molecule has 1 aliphatic heterocycles. The molecule has 0 saturated carbocycles. The van der Waals surface area contributed by atoms with Crippen LogP contribution in [0.4, 0.5) is 5.82 Å². The van der Waals surface area contributed by atoms with Crippen molar-refractivity contribution in [3.8, 4) is 0 Å². The third-order valence-corrected chi connectivity index (χ3v) is 2.96. The van der Waals surface area contributed by atoms with E-state index in [9.17, 15) is 4.79 Å². The molecule has 88 valence electrons. The van der Waals surface area contributed by atoms with Crippen LogP contribution < -0.4 is 5.32 Å². The van der Waals surface area contributed by atoms with Crippen molar-refractivity contribution in [2.45, 2.75) is 27.3 Å². The molecule has 0 radical (unpaired) electrons. The van der Waals surface area contributed by atoms with Crippen LogP contribution in [0.25, 0.3) is 0 Å². The average molecular weight is 223 g/mol. The Labute approximate surface area is 94.8 Å². The van der Waals surface area contributed by atoms with E-state index in [4.69, 9.17) is 4.74 Å². The van der Waals surface area contributed by atoms with Gasteiger partial charge in [0.25, 0.3) is 0 Å². The van der Waals surface area contributed by atoms with Gasteiger partial charge in [-0.05, 0) is 20.8 Å². The minimum absolute atomic E-state index is 0.133. The first kappa shape index (κ1) is 11.0. The van der Waals surface area contributed by atoms with Crippen molar-refractivity contribution in [3.05, 3.63) is 11.3 Å². The van der Waals surface area contributed by atoms with E-state index in [-0.39, 0.29) is 11.9 Å². The molecule has 5 heteroatoms. The van der Waals surface area contributed by atoms with Crippen LogP contribution in [0.15, 0.2) is 0 Å². The SMILES string of the molecule is CCOC(=O)C1CNc2c(C)c(C)nn2C1. The monoisotopic (exact) mass is 223 g/mol. The largest absolute Gasteiger partial charge is 0.466 e. The third kappa shape index (κ3) is 1.77. The molecule has 1 aliphatic rings. The number of ether oxygens (including phenoxy) is 1. The van der Waals surface area contributed by atoms with E-state index >= 15 is 0 Å². The van der Waals surface area contributed by atoms with Gasteiger partial charge in [-0.3, -0.25) is 4.79 Å². The van der Waals surface area contributed by atoms with Crippen LogP contribution in [-0.4, -0.2) is 28.9 Å². The van der Waals surface area contributed by atoms with Gasteiger partial charge in [-0.25, -0.2) is 4.68 Å². The average Bonchev–Trinajstić information content (AvgIpc) is 2.55. The van der Waals surface area contributed by atoms with Crippen molar-refractivity contribution in [2.75, 3.05) is 18.5 Å². The minimum atomic E-state index is -0.147. The normalized spacial score (nSPS) is 18.8. The molecule has 1 aromatic rings. The van der Waals surface area contributed by atoms with E-state index in [1.54, 1.807) is 0 Å². The summed E-state index contributed by atoms with van der Waals surface area (Å²) in [5.74, 6) is 0.746. The zero-order valence-electron chi connectivity index (χ0n) is 9.91. The van der Waals surface area contributed by atoms with E-state index in [1.807, 2.05) is 25.5 Å². The number of anilines is 1. The zero-order valence-corrected chi connectivity index (χ0v) is 9.91. The van der Waals surface area contributed by atoms with Gasteiger partial charge in [-0.15, -0.1) is 0 Å². The highest BCUT2D eigenvalue weighted by Crippen LogP contribution is 2.24. The lowest BCUT2D eigenvalue weighted by atomic mass is 10.1. The van der Waals surface area contributed by atoms with E-state index in [0.717, 1.165) is 17.1 Å².